The average Bonchev–Trinajstić information content (AvgIpc) is 2.85. The van der Waals surface area contributed by atoms with Crippen molar-refractivity contribution in [1.29, 1.82) is 0 Å². The fourth-order valence-electron chi connectivity index (χ4n) is 2.01. The first-order valence-corrected chi connectivity index (χ1v) is 6.42. The molecule has 0 aliphatic carbocycles. The summed E-state index contributed by atoms with van der Waals surface area (Å²) in [5.74, 6) is 0. The molecule has 0 spiro atoms. The zero-order chi connectivity index (χ0) is 13.0. The quantitative estimate of drug-likeness (QED) is 0.783. The summed E-state index contributed by atoms with van der Waals surface area (Å²) >= 11 is 0. The topological polar surface area (TPSA) is 51.3 Å². The average molecular weight is 248 g/mol. The lowest BCUT2D eigenvalue weighted by Crippen LogP contribution is -2.23. The van der Waals surface area contributed by atoms with E-state index < -0.39 is 0 Å². The van der Waals surface area contributed by atoms with E-state index in [1.807, 2.05) is 19.4 Å². The number of unbranched alkanes of at least 4 members (excludes halogenated alkanes) is 1. The third-order valence-electron chi connectivity index (χ3n) is 3.32. The van der Waals surface area contributed by atoms with Crippen LogP contribution < -0.4 is 10.9 Å². The molecule has 1 N–H and O–H groups in total. The van der Waals surface area contributed by atoms with Gasteiger partial charge in [0.2, 0.25) is 0 Å². The molecule has 5 heteroatoms. The van der Waals surface area contributed by atoms with E-state index in [-0.39, 0.29) is 5.56 Å². The molecule has 18 heavy (non-hydrogen) atoms. The van der Waals surface area contributed by atoms with Crippen molar-refractivity contribution < 1.29 is 0 Å². The van der Waals surface area contributed by atoms with Gasteiger partial charge in [-0.25, -0.2) is 4.52 Å². The van der Waals surface area contributed by atoms with Crippen LogP contribution in [0.15, 0.2) is 29.5 Å². The van der Waals surface area contributed by atoms with Crippen LogP contribution in [0.4, 0.5) is 0 Å². The Morgan fingerprint density at radius 3 is 3.00 bits per heavy atom. The van der Waals surface area contributed by atoms with Gasteiger partial charge in [-0.15, -0.1) is 0 Å². The van der Waals surface area contributed by atoms with E-state index in [9.17, 15) is 4.79 Å². The molecule has 0 saturated heterocycles. The van der Waals surface area contributed by atoms with Crippen LogP contribution in [0.1, 0.15) is 26.2 Å². The van der Waals surface area contributed by atoms with E-state index in [2.05, 4.69) is 17.3 Å². The molecule has 2 rings (SSSR count). The molecule has 0 aliphatic rings. The van der Waals surface area contributed by atoms with Gasteiger partial charge >= 0.3 is 0 Å². The second-order valence-corrected chi connectivity index (χ2v) is 4.64. The third kappa shape index (κ3) is 2.79. The second-order valence-electron chi connectivity index (χ2n) is 4.64. The Balaban J connectivity index is 1.95. The maximum Gasteiger partial charge on any atom is 0.276 e. The van der Waals surface area contributed by atoms with Crippen LogP contribution in [0.2, 0.25) is 0 Å². The Hall–Kier alpha value is -1.62. The van der Waals surface area contributed by atoms with Crippen LogP contribution in [-0.4, -0.2) is 27.3 Å². The van der Waals surface area contributed by atoms with Crippen LogP contribution in [0.5, 0.6) is 0 Å². The van der Waals surface area contributed by atoms with E-state index in [0.29, 0.717) is 11.6 Å². The van der Waals surface area contributed by atoms with Gasteiger partial charge in [-0.1, -0.05) is 6.42 Å². The van der Waals surface area contributed by atoms with E-state index >= 15 is 0 Å². The Labute approximate surface area is 106 Å². The van der Waals surface area contributed by atoms with Crippen molar-refractivity contribution in [2.24, 2.45) is 0 Å². The molecule has 0 amide bonds. The van der Waals surface area contributed by atoms with Crippen LogP contribution >= 0.6 is 0 Å². The molecule has 1 atom stereocenters. The first-order chi connectivity index (χ1) is 8.72. The molecule has 2 aromatic rings. The number of aryl methyl sites for hydroxylation is 1. The fraction of sp³-hybridized carbons (Fsp3) is 0.538. The lowest BCUT2D eigenvalue weighted by Gasteiger charge is -2.10. The molecule has 0 aliphatic heterocycles. The SMILES string of the molecule is CNC(C)CCCCn1ccn2nccc2c1=O. The molecule has 1 unspecified atom stereocenters. The first kappa shape index (κ1) is 12.8. The van der Waals surface area contributed by atoms with Crippen LogP contribution in [0.25, 0.3) is 5.52 Å². The fourth-order valence-corrected chi connectivity index (χ4v) is 2.01. The van der Waals surface area contributed by atoms with Gasteiger partial charge < -0.3 is 9.88 Å². The highest BCUT2D eigenvalue weighted by atomic mass is 16.1. The first-order valence-electron chi connectivity index (χ1n) is 6.42. The summed E-state index contributed by atoms with van der Waals surface area (Å²) in [4.78, 5) is 12.1. The predicted octanol–water partition coefficient (Wildman–Crippen LogP) is 1.27. The lowest BCUT2D eigenvalue weighted by molar-refractivity contribution is 0.501. The van der Waals surface area contributed by atoms with Gasteiger partial charge in [0.25, 0.3) is 5.56 Å². The number of hydrogen-bond acceptors (Lipinski definition) is 3. The molecule has 5 nitrogen and oxygen atoms in total. The minimum atomic E-state index is 0.0386. The smallest absolute Gasteiger partial charge is 0.276 e. The minimum Gasteiger partial charge on any atom is -0.317 e. The summed E-state index contributed by atoms with van der Waals surface area (Å²) in [6.07, 6.45) is 8.57. The van der Waals surface area contributed by atoms with E-state index in [0.717, 1.165) is 25.8 Å². The van der Waals surface area contributed by atoms with E-state index in [4.69, 9.17) is 0 Å². The minimum absolute atomic E-state index is 0.0386. The Morgan fingerprint density at radius 1 is 1.39 bits per heavy atom. The van der Waals surface area contributed by atoms with Gasteiger partial charge in [-0.3, -0.25) is 4.79 Å². The summed E-state index contributed by atoms with van der Waals surface area (Å²) in [5.41, 5.74) is 0.678. The molecule has 0 fully saturated rings. The second kappa shape index (κ2) is 5.82. The molecule has 0 aromatic carbocycles. The van der Waals surface area contributed by atoms with Crippen molar-refractivity contribution in [2.45, 2.75) is 38.8 Å². The Morgan fingerprint density at radius 2 is 2.22 bits per heavy atom. The normalized spacial score (nSPS) is 13.0. The van der Waals surface area contributed by atoms with Gasteiger partial charge in [0.1, 0.15) is 5.52 Å². The van der Waals surface area contributed by atoms with Gasteiger partial charge in [-0.05, 0) is 32.9 Å². The summed E-state index contributed by atoms with van der Waals surface area (Å²) in [6.45, 7) is 2.95. The molecule has 0 saturated carbocycles. The highest BCUT2D eigenvalue weighted by Gasteiger charge is 2.03. The summed E-state index contributed by atoms with van der Waals surface area (Å²) in [6, 6.07) is 2.29. The van der Waals surface area contributed by atoms with E-state index in [1.54, 1.807) is 21.3 Å². The zero-order valence-corrected chi connectivity index (χ0v) is 11.0. The van der Waals surface area contributed by atoms with Crippen molar-refractivity contribution in [3.8, 4) is 0 Å². The number of hydrogen-bond donors (Lipinski definition) is 1. The number of nitrogens with zero attached hydrogens (tertiary/aromatic N) is 3. The number of fused-ring (bicyclic) bond motifs is 1. The molecular formula is C13H20N4O. The number of aromatic nitrogens is 3. The Kier molecular flexibility index (Phi) is 4.15. The highest BCUT2D eigenvalue weighted by molar-refractivity contribution is 5.42. The third-order valence-corrected chi connectivity index (χ3v) is 3.32. The monoisotopic (exact) mass is 248 g/mol. The predicted molar refractivity (Wildman–Crippen MR) is 71.8 cm³/mol. The van der Waals surface area contributed by atoms with Crippen LogP contribution in [0.3, 0.4) is 0 Å². The maximum atomic E-state index is 12.1. The van der Waals surface area contributed by atoms with Crippen LogP contribution in [0, 0.1) is 0 Å². The van der Waals surface area contributed by atoms with Gasteiger partial charge in [0, 0.05) is 25.0 Å². The van der Waals surface area contributed by atoms with E-state index in [1.165, 1.54) is 0 Å². The number of nitrogens with one attached hydrogen (secondary N) is 1. The lowest BCUT2D eigenvalue weighted by atomic mass is 10.1. The standard InChI is InChI=1S/C13H20N4O/c1-11(14-2)5-3-4-8-16-9-10-17-12(13(16)18)6-7-15-17/h6-7,9-11,14H,3-5,8H2,1-2H3. The molecule has 2 heterocycles. The van der Waals surface area contributed by atoms with Crippen molar-refractivity contribution >= 4 is 5.52 Å². The summed E-state index contributed by atoms with van der Waals surface area (Å²) < 4.78 is 3.38. The van der Waals surface area contributed by atoms with Gasteiger partial charge in [0.15, 0.2) is 0 Å². The Bertz CT molecular complexity index is 557. The highest BCUT2D eigenvalue weighted by Crippen LogP contribution is 2.02. The van der Waals surface area contributed by atoms with Crippen molar-refractivity contribution in [3.63, 3.8) is 0 Å². The van der Waals surface area contributed by atoms with Crippen molar-refractivity contribution in [3.05, 3.63) is 35.0 Å². The zero-order valence-electron chi connectivity index (χ0n) is 11.0. The summed E-state index contributed by atoms with van der Waals surface area (Å²) in [5, 5.41) is 7.26. The van der Waals surface area contributed by atoms with Gasteiger partial charge in [-0.2, -0.15) is 5.10 Å². The molecule has 98 valence electrons. The molecule has 0 bridgehead atoms. The van der Waals surface area contributed by atoms with Crippen molar-refractivity contribution in [1.82, 2.24) is 19.5 Å². The molecular weight excluding hydrogens is 228 g/mol. The van der Waals surface area contributed by atoms with Crippen molar-refractivity contribution in [2.75, 3.05) is 7.05 Å². The number of rotatable bonds is 6. The summed E-state index contributed by atoms with van der Waals surface area (Å²) in [7, 11) is 1.97. The van der Waals surface area contributed by atoms with Crippen LogP contribution in [-0.2, 0) is 6.54 Å². The maximum absolute atomic E-state index is 12.1. The van der Waals surface area contributed by atoms with Gasteiger partial charge in [0.05, 0.1) is 6.20 Å². The largest absolute Gasteiger partial charge is 0.317 e. The molecule has 2 aromatic heterocycles. The molecule has 0 radical (unpaired) electrons.